The van der Waals surface area contributed by atoms with E-state index in [1.54, 1.807) is 7.11 Å². The Morgan fingerprint density at radius 2 is 2.56 bits per heavy atom. The highest BCUT2D eigenvalue weighted by molar-refractivity contribution is 5.82. The van der Waals surface area contributed by atoms with E-state index >= 15 is 0 Å². The molecule has 1 saturated heterocycles. The normalized spacial score (nSPS) is 23.2. The summed E-state index contributed by atoms with van der Waals surface area (Å²) in [5.74, 6) is 0.898. The summed E-state index contributed by atoms with van der Waals surface area (Å²) in [5.41, 5.74) is 0. The number of aryl methyl sites for hydroxylation is 1. The van der Waals surface area contributed by atoms with Gasteiger partial charge in [0.1, 0.15) is 12.2 Å². The lowest BCUT2D eigenvalue weighted by atomic mass is 10.2. The number of nitrogens with one attached hydrogen (secondary N) is 3. The number of ether oxygens (including phenoxy) is 1. The van der Waals surface area contributed by atoms with Gasteiger partial charge in [0.25, 0.3) is 0 Å². The van der Waals surface area contributed by atoms with Gasteiger partial charge in [-0.1, -0.05) is 0 Å². The smallest absolute Gasteiger partial charge is 0.237 e. The molecule has 0 radical (unpaired) electrons. The van der Waals surface area contributed by atoms with E-state index in [1.165, 1.54) is 6.33 Å². The van der Waals surface area contributed by atoms with Crippen LogP contribution in [0.2, 0.25) is 0 Å². The standard InChI is InChI=1S/C11H19N5O2/c1-18-8-5-9(13-6-8)11(17)12-4-2-3-10-14-7-15-16-10/h7-9,13H,2-6H2,1H3,(H,12,17)(H,14,15,16). The van der Waals surface area contributed by atoms with E-state index in [4.69, 9.17) is 4.74 Å². The third-order valence-corrected chi connectivity index (χ3v) is 3.09. The molecular weight excluding hydrogens is 234 g/mol. The fourth-order valence-electron chi connectivity index (χ4n) is 2.02. The molecule has 1 aliphatic heterocycles. The van der Waals surface area contributed by atoms with Gasteiger partial charge in [0, 0.05) is 26.6 Å². The Morgan fingerprint density at radius 1 is 1.67 bits per heavy atom. The number of hydrogen-bond acceptors (Lipinski definition) is 5. The highest BCUT2D eigenvalue weighted by Crippen LogP contribution is 2.09. The fraction of sp³-hybridized carbons (Fsp3) is 0.727. The van der Waals surface area contributed by atoms with Crippen molar-refractivity contribution in [3.05, 3.63) is 12.2 Å². The number of aromatic nitrogens is 3. The van der Waals surface area contributed by atoms with Gasteiger partial charge in [-0.15, -0.1) is 0 Å². The van der Waals surface area contributed by atoms with E-state index in [1.807, 2.05) is 0 Å². The number of rotatable bonds is 6. The van der Waals surface area contributed by atoms with Crippen LogP contribution in [0.25, 0.3) is 0 Å². The molecule has 1 aromatic rings. The van der Waals surface area contributed by atoms with Crippen LogP contribution < -0.4 is 10.6 Å². The number of carbonyl (C=O) groups excluding carboxylic acids is 1. The average molecular weight is 253 g/mol. The predicted octanol–water partition coefficient (Wildman–Crippen LogP) is -0.770. The molecule has 0 aromatic carbocycles. The van der Waals surface area contributed by atoms with E-state index in [0.717, 1.165) is 31.6 Å². The summed E-state index contributed by atoms with van der Waals surface area (Å²) in [6.45, 7) is 1.39. The van der Waals surface area contributed by atoms with E-state index in [0.29, 0.717) is 6.54 Å². The van der Waals surface area contributed by atoms with Gasteiger partial charge in [-0.25, -0.2) is 4.98 Å². The third kappa shape index (κ3) is 3.51. The molecule has 2 atom stereocenters. The first-order chi connectivity index (χ1) is 8.79. The zero-order chi connectivity index (χ0) is 12.8. The van der Waals surface area contributed by atoms with Crippen LogP contribution in [0.5, 0.6) is 0 Å². The molecule has 3 N–H and O–H groups in total. The van der Waals surface area contributed by atoms with Crippen LogP contribution in [0, 0.1) is 0 Å². The molecule has 2 rings (SSSR count). The lowest BCUT2D eigenvalue weighted by Crippen LogP contribution is -2.40. The first-order valence-corrected chi connectivity index (χ1v) is 6.17. The second kappa shape index (κ2) is 6.46. The molecule has 1 fully saturated rings. The van der Waals surface area contributed by atoms with Crippen LogP contribution in [0.4, 0.5) is 0 Å². The van der Waals surface area contributed by atoms with Gasteiger partial charge >= 0.3 is 0 Å². The van der Waals surface area contributed by atoms with Crippen molar-refractivity contribution >= 4 is 5.91 Å². The lowest BCUT2D eigenvalue weighted by molar-refractivity contribution is -0.122. The summed E-state index contributed by atoms with van der Waals surface area (Å²) in [7, 11) is 1.67. The minimum absolute atomic E-state index is 0.0483. The van der Waals surface area contributed by atoms with Gasteiger partial charge in [-0.05, 0) is 12.8 Å². The third-order valence-electron chi connectivity index (χ3n) is 3.09. The number of methoxy groups -OCH3 is 1. The molecule has 1 aliphatic rings. The van der Waals surface area contributed by atoms with Gasteiger partial charge in [0.05, 0.1) is 12.1 Å². The summed E-state index contributed by atoms with van der Waals surface area (Å²) in [6, 6.07) is -0.125. The lowest BCUT2D eigenvalue weighted by Gasteiger charge is -2.10. The Bertz CT molecular complexity index is 368. The first-order valence-electron chi connectivity index (χ1n) is 6.17. The minimum Gasteiger partial charge on any atom is -0.380 e. The minimum atomic E-state index is -0.125. The van der Waals surface area contributed by atoms with E-state index in [-0.39, 0.29) is 18.1 Å². The van der Waals surface area contributed by atoms with E-state index in [9.17, 15) is 4.79 Å². The Labute approximate surface area is 106 Å². The van der Waals surface area contributed by atoms with Crippen molar-refractivity contribution in [2.45, 2.75) is 31.4 Å². The highest BCUT2D eigenvalue weighted by Gasteiger charge is 2.28. The van der Waals surface area contributed by atoms with Crippen molar-refractivity contribution in [2.75, 3.05) is 20.2 Å². The van der Waals surface area contributed by atoms with E-state index in [2.05, 4.69) is 25.8 Å². The molecule has 1 aromatic heterocycles. The largest absolute Gasteiger partial charge is 0.380 e. The highest BCUT2D eigenvalue weighted by atomic mass is 16.5. The SMILES string of the molecule is COC1CNC(C(=O)NCCCc2ncn[nH]2)C1. The maximum Gasteiger partial charge on any atom is 0.237 e. The zero-order valence-corrected chi connectivity index (χ0v) is 10.5. The molecule has 0 saturated carbocycles. The molecular formula is C11H19N5O2. The number of amides is 1. The quantitative estimate of drug-likeness (QED) is 0.579. The first kappa shape index (κ1) is 13.0. The molecule has 0 bridgehead atoms. The summed E-state index contributed by atoms with van der Waals surface area (Å²) in [5, 5.41) is 12.6. The van der Waals surface area contributed by atoms with Gasteiger partial charge < -0.3 is 15.4 Å². The molecule has 0 aliphatic carbocycles. The summed E-state index contributed by atoms with van der Waals surface area (Å²) < 4.78 is 5.20. The van der Waals surface area contributed by atoms with Crippen LogP contribution in [0.1, 0.15) is 18.7 Å². The van der Waals surface area contributed by atoms with Crippen LogP contribution >= 0.6 is 0 Å². The van der Waals surface area contributed by atoms with Crippen LogP contribution in [-0.2, 0) is 16.0 Å². The second-order valence-electron chi connectivity index (χ2n) is 4.38. The second-order valence-corrected chi connectivity index (χ2v) is 4.38. The number of carbonyl (C=O) groups is 1. The molecule has 7 heteroatoms. The molecule has 2 heterocycles. The van der Waals surface area contributed by atoms with Crippen molar-refractivity contribution in [3.8, 4) is 0 Å². The average Bonchev–Trinajstić information content (AvgIpc) is 3.05. The number of nitrogens with zero attached hydrogens (tertiary/aromatic N) is 2. The zero-order valence-electron chi connectivity index (χ0n) is 10.5. The van der Waals surface area contributed by atoms with Crippen LogP contribution in [0.15, 0.2) is 6.33 Å². The molecule has 2 unspecified atom stereocenters. The summed E-state index contributed by atoms with van der Waals surface area (Å²) >= 11 is 0. The molecule has 7 nitrogen and oxygen atoms in total. The maximum atomic E-state index is 11.8. The molecule has 1 amide bonds. The van der Waals surface area contributed by atoms with Crippen molar-refractivity contribution < 1.29 is 9.53 Å². The van der Waals surface area contributed by atoms with Crippen molar-refractivity contribution in [2.24, 2.45) is 0 Å². The van der Waals surface area contributed by atoms with Crippen LogP contribution in [0.3, 0.4) is 0 Å². The molecule has 100 valence electrons. The van der Waals surface area contributed by atoms with Gasteiger partial charge in [-0.3, -0.25) is 9.89 Å². The van der Waals surface area contributed by atoms with Crippen molar-refractivity contribution in [1.82, 2.24) is 25.8 Å². The predicted molar refractivity (Wildman–Crippen MR) is 64.9 cm³/mol. The van der Waals surface area contributed by atoms with Crippen molar-refractivity contribution in [1.29, 1.82) is 0 Å². The van der Waals surface area contributed by atoms with Gasteiger partial charge in [0.15, 0.2) is 0 Å². The molecule has 18 heavy (non-hydrogen) atoms. The van der Waals surface area contributed by atoms with E-state index < -0.39 is 0 Å². The van der Waals surface area contributed by atoms with Crippen LogP contribution in [-0.4, -0.2) is 53.4 Å². The Kier molecular flexibility index (Phi) is 4.66. The topological polar surface area (TPSA) is 91.9 Å². The number of H-pyrrole nitrogens is 1. The number of aromatic amines is 1. The van der Waals surface area contributed by atoms with Crippen molar-refractivity contribution in [3.63, 3.8) is 0 Å². The van der Waals surface area contributed by atoms with Gasteiger partial charge in [0.2, 0.25) is 5.91 Å². The van der Waals surface area contributed by atoms with Gasteiger partial charge in [-0.2, -0.15) is 5.10 Å². The fourth-order valence-corrected chi connectivity index (χ4v) is 2.02. The monoisotopic (exact) mass is 253 g/mol. The Balaban J connectivity index is 1.60. The Morgan fingerprint density at radius 3 is 3.22 bits per heavy atom. The number of hydrogen-bond donors (Lipinski definition) is 3. The molecule has 0 spiro atoms. The maximum absolute atomic E-state index is 11.8. The summed E-state index contributed by atoms with van der Waals surface area (Å²) in [4.78, 5) is 15.8. The Hall–Kier alpha value is -1.47. The summed E-state index contributed by atoms with van der Waals surface area (Å²) in [6.07, 6.45) is 4.02.